The molecule has 22 heavy (non-hydrogen) atoms. The van der Waals surface area contributed by atoms with Gasteiger partial charge in [-0.2, -0.15) is 0 Å². The lowest BCUT2D eigenvalue weighted by Crippen LogP contribution is -2.46. The van der Waals surface area contributed by atoms with Crippen LogP contribution in [0.4, 0.5) is 4.79 Å². The van der Waals surface area contributed by atoms with Crippen LogP contribution in [-0.2, 0) is 11.3 Å². The predicted octanol–water partition coefficient (Wildman–Crippen LogP) is 1.92. The number of methoxy groups -OCH3 is 1. The molecule has 0 unspecified atom stereocenters. The fraction of sp³-hybridized carbons (Fsp3) is 0.750. The van der Waals surface area contributed by atoms with Crippen LogP contribution in [-0.4, -0.2) is 65.3 Å². The second-order valence-corrected chi connectivity index (χ2v) is 6.23. The highest BCUT2D eigenvalue weighted by molar-refractivity contribution is 5.74. The van der Waals surface area contributed by atoms with Crippen molar-refractivity contribution in [1.29, 1.82) is 0 Å². The first kappa shape index (κ1) is 15.3. The van der Waals surface area contributed by atoms with Gasteiger partial charge in [-0.15, -0.1) is 0 Å². The molecule has 0 bridgehead atoms. The summed E-state index contributed by atoms with van der Waals surface area (Å²) in [6.07, 6.45) is 8.31. The molecule has 2 aliphatic heterocycles. The van der Waals surface area contributed by atoms with Crippen molar-refractivity contribution in [1.82, 2.24) is 19.4 Å². The van der Waals surface area contributed by atoms with E-state index >= 15 is 0 Å². The highest BCUT2D eigenvalue weighted by Crippen LogP contribution is 2.27. The van der Waals surface area contributed by atoms with Gasteiger partial charge in [-0.3, -0.25) is 0 Å². The van der Waals surface area contributed by atoms with Crippen molar-refractivity contribution in [2.75, 3.05) is 39.9 Å². The first-order chi connectivity index (χ1) is 10.8. The van der Waals surface area contributed by atoms with E-state index < -0.39 is 0 Å². The Morgan fingerprint density at radius 3 is 2.82 bits per heavy atom. The molecule has 1 aromatic rings. The number of ether oxygens (including phenoxy) is 1. The zero-order chi connectivity index (χ0) is 15.4. The Morgan fingerprint density at radius 1 is 1.27 bits per heavy atom. The summed E-state index contributed by atoms with van der Waals surface area (Å²) in [4.78, 5) is 21.1. The number of amides is 2. The van der Waals surface area contributed by atoms with E-state index in [4.69, 9.17) is 4.74 Å². The average molecular weight is 306 g/mol. The number of urea groups is 1. The molecule has 0 saturated carbocycles. The number of hydrogen-bond acceptors (Lipinski definition) is 3. The van der Waals surface area contributed by atoms with Gasteiger partial charge in [0.05, 0.1) is 6.61 Å². The zero-order valence-electron chi connectivity index (χ0n) is 13.4. The van der Waals surface area contributed by atoms with Gasteiger partial charge in [-0.05, 0) is 25.7 Å². The summed E-state index contributed by atoms with van der Waals surface area (Å²) in [5, 5.41) is 0. The van der Waals surface area contributed by atoms with Crippen LogP contribution in [0.1, 0.15) is 37.4 Å². The molecule has 2 aliphatic rings. The van der Waals surface area contributed by atoms with Crippen molar-refractivity contribution in [3.8, 4) is 0 Å². The molecule has 0 aliphatic carbocycles. The number of carbonyl (C=O) groups is 1. The third-order valence-corrected chi connectivity index (χ3v) is 4.72. The number of aromatic nitrogens is 2. The van der Waals surface area contributed by atoms with Gasteiger partial charge in [0.1, 0.15) is 5.82 Å². The molecule has 0 N–H and O–H groups in total. The molecule has 6 heteroatoms. The van der Waals surface area contributed by atoms with E-state index in [2.05, 4.69) is 9.55 Å². The molecule has 3 rings (SSSR count). The lowest BCUT2D eigenvalue weighted by Gasteiger charge is -2.35. The number of carbonyl (C=O) groups excluding carboxylic acids is 1. The van der Waals surface area contributed by atoms with Gasteiger partial charge in [0, 0.05) is 58.1 Å². The van der Waals surface area contributed by atoms with Crippen molar-refractivity contribution < 1.29 is 9.53 Å². The van der Waals surface area contributed by atoms with Crippen molar-refractivity contribution in [2.24, 2.45) is 0 Å². The van der Waals surface area contributed by atoms with Gasteiger partial charge in [0.15, 0.2) is 0 Å². The molecule has 1 aromatic heterocycles. The number of nitrogens with zero attached hydrogens (tertiary/aromatic N) is 4. The Kier molecular flexibility index (Phi) is 4.97. The Bertz CT molecular complexity index is 496. The highest BCUT2D eigenvalue weighted by Gasteiger charge is 2.30. The molecule has 0 spiro atoms. The smallest absolute Gasteiger partial charge is 0.320 e. The third kappa shape index (κ3) is 3.27. The fourth-order valence-corrected chi connectivity index (χ4v) is 3.53. The normalized spacial score (nSPS) is 22.3. The van der Waals surface area contributed by atoms with Gasteiger partial charge >= 0.3 is 6.03 Å². The lowest BCUT2D eigenvalue weighted by molar-refractivity contribution is 0.144. The van der Waals surface area contributed by atoms with E-state index in [9.17, 15) is 4.79 Å². The summed E-state index contributed by atoms with van der Waals surface area (Å²) in [6, 6.07) is 0.220. The molecule has 0 radical (unpaired) electrons. The second kappa shape index (κ2) is 7.13. The Labute approximate surface area is 132 Å². The van der Waals surface area contributed by atoms with E-state index in [1.165, 1.54) is 0 Å². The van der Waals surface area contributed by atoms with E-state index in [0.717, 1.165) is 64.2 Å². The minimum Gasteiger partial charge on any atom is -0.383 e. The summed E-state index contributed by atoms with van der Waals surface area (Å²) in [5.41, 5.74) is 0. The summed E-state index contributed by atoms with van der Waals surface area (Å²) in [7, 11) is 1.72. The molecular formula is C16H26N4O2. The maximum Gasteiger partial charge on any atom is 0.320 e. The Morgan fingerprint density at radius 2 is 2.05 bits per heavy atom. The molecule has 2 saturated heterocycles. The molecule has 1 atom stereocenters. The largest absolute Gasteiger partial charge is 0.383 e. The second-order valence-electron chi connectivity index (χ2n) is 6.23. The molecule has 0 aromatic carbocycles. The van der Waals surface area contributed by atoms with Crippen LogP contribution in [0.5, 0.6) is 0 Å². The first-order valence-corrected chi connectivity index (χ1v) is 8.33. The van der Waals surface area contributed by atoms with Crippen LogP contribution in [0.3, 0.4) is 0 Å². The van der Waals surface area contributed by atoms with Crippen molar-refractivity contribution in [2.45, 2.75) is 38.1 Å². The topological polar surface area (TPSA) is 50.6 Å². The maximum atomic E-state index is 12.6. The quantitative estimate of drug-likeness (QED) is 0.854. The molecular weight excluding hydrogens is 280 g/mol. The number of rotatable bonds is 4. The van der Waals surface area contributed by atoms with E-state index in [1.54, 1.807) is 7.11 Å². The van der Waals surface area contributed by atoms with Crippen LogP contribution in [0, 0.1) is 0 Å². The van der Waals surface area contributed by atoms with Gasteiger partial charge in [0.25, 0.3) is 0 Å². The van der Waals surface area contributed by atoms with E-state index in [1.807, 2.05) is 22.2 Å². The van der Waals surface area contributed by atoms with Crippen molar-refractivity contribution >= 4 is 6.03 Å². The highest BCUT2D eigenvalue weighted by atomic mass is 16.5. The molecule has 6 nitrogen and oxygen atoms in total. The Balaban J connectivity index is 1.65. The van der Waals surface area contributed by atoms with Crippen LogP contribution in [0.2, 0.25) is 0 Å². The number of hydrogen-bond donors (Lipinski definition) is 0. The SMILES string of the molecule is COCCn1ccnc1[C@@H]1CCCN(C(=O)N2CCCC2)C1. The van der Waals surface area contributed by atoms with Gasteiger partial charge in [-0.1, -0.05) is 0 Å². The van der Waals surface area contributed by atoms with Crippen LogP contribution in [0.15, 0.2) is 12.4 Å². The van der Waals surface area contributed by atoms with Crippen molar-refractivity contribution in [3.63, 3.8) is 0 Å². The monoisotopic (exact) mass is 306 g/mol. The summed E-state index contributed by atoms with van der Waals surface area (Å²) >= 11 is 0. The van der Waals surface area contributed by atoms with Crippen LogP contribution >= 0.6 is 0 Å². The predicted molar refractivity (Wildman–Crippen MR) is 83.9 cm³/mol. The van der Waals surface area contributed by atoms with Crippen LogP contribution in [0.25, 0.3) is 0 Å². The number of likely N-dealkylation sites (tertiary alicyclic amines) is 2. The number of piperidine rings is 1. The molecule has 2 fully saturated rings. The average Bonchev–Trinajstić information content (AvgIpc) is 3.23. The van der Waals surface area contributed by atoms with Crippen LogP contribution < -0.4 is 0 Å². The lowest BCUT2D eigenvalue weighted by atomic mass is 9.97. The van der Waals surface area contributed by atoms with E-state index in [-0.39, 0.29) is 6.03 Å². The minimum atomic E-state index is 0.220. The Hall–Kier alpha value is -1.56. The molecule has 122 valence electrons. The molecule has 2 amide bonds. The molecule has 3 heterocycles. The van der Waals surface area contributed by atoms with E-state index in [0.29, 0.717) is 12.5 Å². The maximum absolute atomic E-state index is 12.6. The standard InChI is InChI=1S/C16H26N4O2/c1-22-12-11-18-10-6-17-15(18)14-5-4-9-20(13-14)16(21)19-7-2-3-8-19/h6,10,14H,2-5,7-9,11-13H2,1H3/t14-/m1/s1. The minimum absolute atomic E-state index is 0.220. The third-order valence-electron chi connectivity index (χ3n) is 4.72. The summed E-state index contributed by atoms with van der Waals surface area (Å²) in [5.74, 6) is 1.43. The van der Waals surface area contributed by atoms with Gasteiger partial charge in [0.2, 0.25) is 0 Å². The fourth-order valence-electron chi connectivity index (χ4n) is 3.53. The number of imidazole rings is 1. The summed E-state index contributed by atoms with van der Waals surface area (Å²) < 4.78 is 7.33. The van der Waals surface area contributed by atoms with Gasteiger partial charge < -0.3 is 19.1 Å². The first-order valence-electron chi connectivity index (χ1n) is 8.33. The van der Waals surface area contributed by atoms with Gasteiger partial charge in [-0.25, -0.2) is 9.78 Å². The summed E-state index contributed by atoms with van der Waals surface area (Å²) in [6.45, 7) is 5.02. The van der Waals surface area contributed by atoms with Crippen molar-refractivity contribution in [3.05, 3.63) is 18.2 Å². The zero-order valence-corrected chi connectivity index (χ0v) is 13.4.